The Labute approximate surface area is 113 Å². The quantitative estimate of drug-likeness (QED) is 0.820. The van der Waals surface area contributed by atoms with E-state index in [0.29, 0.717) is 6.04 Å². The third-order valence-electron chi connectivity index (χ3n) is 3.63. The van der Waals surface area contributed by atoms with Crippen LogP contribution in [0.5, 0.6) is 5.75 Å². The summed E-state index contributed by atoms with van der Waals surface area (Å²) in [5.41, 5.74) is 7.79. The largest absolute Gasteiger partial charge is 0.497 e. The second-order valence-corrected chi connectivity index (χ2v) is 5.94. The van der Waals surface area contributed by atoms with E-state index in [1.165, 1.54) is 25.7 Å². The molecule has 1 aliphatic carbocycles. The summed E-state index contributed by atoms with van der Waals surface area (Å²) in [5.74, 6) is 0.851. The fourth-order valence-corrected chi connectivity index (χ4v) is 3.19. The van der Waals surface area contributed by atoms with Crippen molar-refractivity contribution in [1.82, 2.24) is 0 Å². The summed E-state index contributed by atoms with van der Waals surface area (Å²) in [6.07, 6.45) is 7.24. The molecule has 1 fully saturated rings. The number of hydrogen-bond donors (Lipinski definition) is 2. The molecule has 18 heavy (non-hydrogen) atoms. The Morgan fingerprint density at radius 1 is 1.28 bits per heavy atom. The highest BCUT2D eigenvalue weighted by atomic mass is 32.2. The van der Waals surface area contributed by atoms with Crippen molar-refractivity contribution < 1.29 is 4.74 Å². The van der Waals surface area contributed by atoms with E-state index in [-0.39, 0.29) is 0 Å². The fraction of sp³-hybridized carbons (Fsp3) is 0.571. The molecule has 0 bridgehead atoms. The van der Waals surface area contributed by atoms with Crippen molar-refractivity contribution in [1.29, 1.82) is 0 Å². The molecule has 4 heteroatoms. The number of nitrogen functional groups attached to an aromatic ring is 1. The Morgan fingerprint density at radius 3 is 2.61 bits per heavy atom. The molecule has 1 saturated carbocycles. The van der Waals surface area contributed by atoms with Gasteiger partial charge in [0.15, 0.2) is 0 Å². The van der Waals surface area contributed by atoms with Gasteiger partial charge < -0.3 is 15.8 Å². The second kappa shape index (κ2) is 6.23. The Bertz CT molecular complexity index is 389. The van der Waals surface area contributed by atoms with Gasteiger partial charge in [-0.25, -0.2) is 0 Å². The van der Waals surface area contributed by atoms with Crippen LogP contribution in [0.1, 0.15) is 25.7 Å². The number of hydrogen-bond acceptors (Lipinski definition) is 4. The van der Waals surface area contributed by atoms with E-state index in [2.05, 4.69) is 11.6 Å². The summed E-state index contributed by atoms with van der Waals surface area (Å²) in [6, 6.07) is 6.32. The predicted octanol–water partition coefficient (Wildman–Crippen LogP) is 3.36. The summed E-state index contributed by atoms with van der Waals surface area (Å²) in [6.45, 7) is 0. The van der Waals surface area contributed by atoms with Crippen molar-refractivity contribution in [3.8, 4) is 5.75 Å². The number of anilines is 2. The molecule has 0 aromatic heterocycles. The lowest BCUT2D eigenvalue weighted by molar-refractivity contribution is 0.415. The van der Waals surface area contributed by atoms with Crippen LogP contribution < -0.4 is 15.8 Å². The highest BCUT2D eigenvalue weighted by molar-refractivity contribution is 7.99. The number of benzene rings is 1. The van der Waals surface area contributed by atoms with Crippen molar-refractivity contribution >= 4 is 23.1 Å². The first-order valence-corrected chi connectivity index (χ1v) is 7.74. The zero-order chi connectivity index (χ0) is 13.0. The highest BCUT2D eigenvalue weighted by Gasteiger charge is 2.20. The average Bonchev–Trinajstić information content (AvgIpc) is 2.42. The second-order valence-electron chi connectivity index (χ2n) is 4.81. The van der Waals surface area contributed by atoms with Crippen molar-refractivity contribution in [2.45, 2.75) is 37.0 Å². The standard InChI is InChI=1S/C14H22N2OS/c1-17-11-5-8-13(15)14(9-11)16-10-3-6-12(18-2)7-4-10/h5,8-10,12,16H,3-4,6-7,15H2,1-2H3. The van der Waals surface area contributed by atoms with Crippen LogP contribution in [0.2, 0.25) is 0 Å². The molecule has 1 aromatic carbocycles. The van der Waals surface area contributed by atoms with Crippen molar-refractivity contribution in [2.75, 3.05) is 24.4 Å². The number of nitrogens with one attached hydrogen (secondary N) is 1. The molecule has 3 N–H and O–H groups in total. The van der Waals surface area contributed by atoms with Gasteiger partial charge in [0.1, 0.15) is 5.75 Å². The van der Waals surface area contributed by atoms with E-state index < -0.39 is 0 Å². The van der Waals surface area contributed by atoms with E-state index >= 15 is 0 Å². The Hall–Kier alpha value is -1.03. The molecular weight excluding hydrogens is 244 g/mol. The smallest absolute Gasteiger partial charge is 0.121 e. The molecule has 0 atom stereocenters. The molecule has 0 heterocycles. The van der Waals surface area contributed by atoms with Crippen LogP contribution in [0.25, 0.3) is 0 Å². The van der Waals surface area contributed by atoms with Crippen molar-refractivity contribution in [3.05, 3.63) is 18.2 Å². The van der Waals surface area contributed by atoms with Gasteiger partial charge >= 0.3 is 0 Å². The van der Waals surface area contributed by atoms with Gasteiger partial charge in [0.05, 0.1) is 18.5 Å². The summed E-state index contributed by atoms with van der Waals surface area (Å²) < 4.78 is 5.23. The molecule has 3 nitrogen and oxygen atoms in total. The molecule has 100 valence electrons. The summed E-state index contributed by atoms with van der Waals surface area (Å²) in [5, 5.41) is 4.39. The minimum Gasteiger partial charge on any atom is -0.497 e. The van der Waals surface area contributed by atoms with Crippen LogP contribution >= 0.6 is 11.8 Å². The molecule has 0 amide bonds. The van der Waals surface area contributed by atoms with Crippen LogP contribution in [-0.4, -0.2) is 24.7 Å². The normalized spacial score (nSPS) is 23.7. The molecule has 0 saturated heterocycles. The van der Waals surface area contributed by atoms with E-state index in [1.54, 1.807) is 7.11 Å². The molecule has 2 rings (SSSR count). The summed E-state index contributed by atoms with van der Waals surface area (Å²) in [7, 11) is 1.68. The SMILES string of the molecule is COc1ccc(N)c(NC2CCC(SC)CC2)c1. The van der Waals surface area contributed by atoms with E-state index in [4.69, 9.17) is 10.5 Å². The fourth-order valence-electron chi connectivity index (χ4n) is 2.45. The maximum atomic E-state index is 5.99. The molecule has 0 radical (unpaired) electrons. The maximum absolute atomic E-state index is 5.99. The Kier molecular flexibility index (Phi) is 4.64. The summed E-state index contributed by atoms with van der Waals surface area (Å²) in [4.78, 5) is 0. The maximum Gasteiger partial charge on any atom is 0.121 e. The lowest BCUT2D eigenvalue weighted by atomic mass is 9.94. The highest BCUT2D eigenvalue weighted by Crippen LogP contribution is 2.31. The minimum atomic E-state index is 0.544. The van der Waals surface area contributed by atoms with Crippen LogP contribution in [0.4, 0.5) is 11.4 Å². The monoisotopic (exact) mass is 266 g/mol. The first-order chi connectivity index (χ1) is 8.72. The van der Waals surface area contributed by atoms with Crippen LogP contribution in [0.3, 0.4) is 0 Å². The van der Waals surface area contributed by atoms with Gasteiger partial charge in [-0.05, 0) is 44.1 Å². The van der Waals surface area contributed by atoms with Gasteiger partial charge in [-0.1, -0.05) is 0 Å². The molecule has 1 aliphatic rings. The van der Waals surface area contributed by atoms with Gasteiger partial charge in [0.25, 0.3) is 0 Å². The van der Waals surface area contributed by atoms with Gasteiger partial charge in [-0.3, -0.25) is 0 Å². The lowest BCUT2D eigenvalue weighted by Crippen LogP contribution is -2.27. The zero-order valence-corrected chi connectivity index (χ0v) is 11.9. The van der Waals surface area contributed by atoms with Crippen molar-refractivity contribution in [3.63, 3.8) is 0 Å². The van der Waals surface area contributed by atoms with E-state index in [1.807, 2.05) is 30.0 Å². The third-order valence-corrected chi connectivity index (χ3v) is 4.77. The first-order valence-electron chi connectivity index (χ1n) is 6.45. The molecule has 0 unspecified atom stereocenters. The van der Waals surface area contributed by atoms with E-state index in [0.717, 1.165) is 22.4 Å². The molecule has 0 spiro atoms. The number of methoxy groups -OCH3 is 1. The van der Waals surface area contributed by atoms with Crippen LogP contribution in [0.15, 0.2) is 18.2 Å². The Morgan fingerprint density at radius 2 is 2.00 bits per heavy atom. The van der Waals surface area contributed by atoms with Gasteiger partial charge in [-0.2, -0.15) is 11.8 Å². The zero-order valence-electron chi connectivity index (χ0n) is 11.1. The van der Waals surface area contributed by atoms with E-state index in [9.17, 15) is 0 Å². The summed E-state index contributed by atoms with van der Waals surface area (Å²) >= 11 is 1.99. The van der Waals surface area contributed by atoms with Gasteiger partial charge in [-0.15, -0.1) is 0 Å². The number of thioether (sulfide) groups is 1. The Balaban J connectivity index is 1.97. The lowest BCUT2D eigenvalue weighted by Gasteiger charge is -2.29. The third kappa shape index (κ3) is 3.25. The topological polar surface area (TPSA) is 47.3 Å². The minimum absolute atomic E-state index is 0.544. The van der Waals surface area contributed by atoms with Crippen LogP contribution in [0, 0.1) is 0 Å². The predicted molar refractivity (Wildman–Crippen MR) is 80.6 cm³/mol. The van der Waals surface area contributed by atoms with Gasteiger partial charge in [0, 0.05) is 17.4 Å². The average molecular weight is 266 g/mol. The van der Waals surface area contributed by atoms with Gasteiger partial charge in [0.2, 0.25) is 0 Å². The number of ether oxygens (including phenoxy) is 1. The van der Waals surface area contributed by atoms with Crippen LogP contribution in [-0.2, 0) is 0 Å². The number of rotatable bonds is 4. The molecule has 0 aliphatic heterocycles. The molecule has 1 aromatic rings. The molecular formula is C14H22N2OS. The first kappa shape index (κ1) is 13.4. The number of nitrogens with two attached hydrogens (primary N) is 1. The van der Waals surface area contributed by atoms with Crippen molar-refractivity contribution in [2.24, 2.45) is 0 Å².